The number of carboxylic acids is 4. The van der Waals surface area contributed by atoms with Crippen molar-refractivity contribution in [3.63, 3.8) is 0 Å². The SMILES string of the molecule is CCC[n+]1ccc(-c2cc[n+](CCC)cc2)cc1.O=C(O)c1cc(C(=O)O)c(C(=O)O)cc1C(=O)O.O=[N+]([O-])[O-].O=[N+]([O-])[O-]. The summed E-state index contributed by atoms with van der Waals surface area (Å²) in [6.45, 7) is 6.58. The molecule has 44 heavy (non-hydrogen) atoms. The number of pyridine rings is 2. The highest BCUT2D eigenvalue weighted by Crippen LogP contribution is 2.18. The third-order valence-electron chi connectivity index (χ3n) is 5.16. The molecule has 3 rings (SSSR count). The van der Waals surface area contributed by atoms with Gasteiger partial charge in [-0.3, -0.25) is 0 Å². The van der Waals surface area contributed by atoms with Crippen LogP contribution >= 0.6 is 0 Å². The lowest BCUT2D eigenvalue weighted by Gasteiger charge is -2.06. The van der Waals surface area contributed by atoms with Gasteiger partial charge in [0.15, 0.2) is 24.8 Å². The number of carbonyl (C=O) groups is 4. The highest BCUT2D eigenvalue weighted by molar-refractivity contribution is 6.09. The van der Waals surface area contributed by atoms with Crippen molar-refractivity contribution in [2.45, 2.75) is 39.8 Å². The fourth-order valence-electron chi connectivity index (χ4n) is 3.42. The topological polar surface area (TPSA) is 289 Å². The molecule has 0 fully saturated rings. The first-order valence-electron chi connectivity index (χ1n) is 12.3. The van der Waals surface area contributed by atoms with Crippen LogP contribution in [0.2, 0.25) is 0 Å². The number of carboxylic acid groups (broad SMARTS) is 4. The molecule has 0 aliphatic heterocycles. The van der Waals surface area contributed by atoms with Crippen molar-refractivity contribution >= 4 is 23.9 Å². The Morgan fingerprint density at radius 3 is 0.932 bits per heavy atom. The van der Waals surface area contributed by atoms with Crippen molar-refractivity contribution in [1.29, 1.82) is 0 Å². The van der Waals surface area contributed by atoms with Crippen LogP contribution in [0.15, 0.2) is 61.2 Å². The Morgan fingerprint density at radius 2 is 0.773 bits per heavy atom. The Labute approximate surface area is 248 Å². The molecule has 0 radical (unpaired) electrons. The van der Waals surface area contributed by atoms with Crippen molar-refractivity contribution in [2.75, 3.05) is 0 Å². The third-order valence-corrected chi connectivity index (χ3v) is 5.16. The van der Waals surface area contributed by atoms with E-state index in [0.29, 0.717) is 12.1 Å². The molecule has 0 amide bonds. The molecule has 0 atom stereocenters. The molecule has 0 unspecified atom stereocenters. The summed E-state index contributed by atoms with van der Waals surface area (Å²) in [7, 11) is 0. The van der Waals surface area contributed by atoms with Crippen LogP contribution in [-0.4, -0.2) is 54.5 Å². The second kappa shape index (κ2) is 19.0. The van der Waals surface area contributed by atoms with Crippen molar-refractivity contribution in [3.8, 4) is 11.1 Å². The van der Waals surface area contributed by atoms with Gasteiger partial charge in [-0.05, 0) is 23.3 Å². The number of hydrogen-bond acceptors (Lipinski definition) is 10. The molecule has 2 heterocycles. The molecular weight excluding hydrogens is 592 g/mol. The average Bonchev–Trinajstić information content (AvgIpc) is 2.93. The van der Waals surface area contributed by atoms with Crippen molar-refractivity contribution < 1.29 is 58.9 Å². The van der Waals surface area contributed by atoms with Gasteiger partial charge in [-0.2, -0.15) is 0 Å². The van der Waals surface area contributed by atoms with Gasteiger partial charge in [-0.25, -0.2) is 28.3 Å². The number of aromatic carboxylic acids is 4. The van der Waals surface area contributed by atoms with E-state index < -0.39 is 56.3 Å². The zero-order chi connectivity index (χ0) is 34.0. The van der Waals surface area contributed by atoms with Gasteiger partial charge in [0, 0.05) is 37.1 Å². The Balaban J connectivity index is 0.000000676. The molecule has 3 aromatic rings. The summed E-state index contributed by atoms with van der Waals surface area (Å²) in [5, 5.41) is 64.5. The molecule has 0 aliphatic rings. The number of benzene rings is 1. The zero-order valence-electron chi connectivity index (χ0n) is 23.3. The molecule has 1 aromatic carbocycles. The van der Waals surface area contributed by atoms with Crippen LogP contribution in [0.5, 0.6) is 0 Å². The second-order valence-electron chi connectivity index (χ2n) is 8.26. The molecule has 0 bridgehead atoms. The molecule has 4 N–H and O–H groups in total. The standard InChI is InChI=1S/C16H22N2.C10H6O8.2NO3/c1-3-9-17-11-5-15(6-12-17)16-7-13-18(10-4-2)14-8-16;11-7(12)3-1-4(8(13)14)6(10(17)18)2-5(3)9(15)16;2*2-1(3)4/h5-8,11-14H,3-4,9-10H2,1-2H3;1-2H,(H,11,12)(H,13,14)(H,15,16)(H,17,18);;/q+2;;2*-1. The summed E-state index contributed by atoms with van der Waals surface area (Å²) in [6, 6.07) is 9.78. The van der Waals surface area contributed by atoms with Crippen LogP contribution in [0.1, 0.15) is 68.1 Å². The van der Waals surface area contributed by atoms with E-state index in [1.165, 1.54) is 24.0 Å². The van der Waals surface area contributed by atoms with E-state index >= 15 is 0 Å². The average molecular weight is 621 g/mol. The van der Waals surface area contributed by atoms with Gasteiger partial charge in [0.2, 0.25) is 0 Å². The minimum Gasteiger partial charge on any atom is -0.478 e. The minimum atomic E-state index is -1.75. The number of hydrogen-bond donors (Lipinski definition) is 4. The van der Waals surface area contributed by atoms with Gasteiger partial charge in [0.25, 0.3) is 0 Å². The summed E-state index contributed by atoms with van der Waals surface area (Å²) in [4.78, 5) is 59.6. The van der Waals surface area contributed by atoms with E-state index in [0.717, 1.165) is 13.1 Å². The van der Waals surface area contributed by atoms with E-state index in [-0.39, 0.29) is 0 Å². The molecule has 0 saturated heterocycles. The quantitative estimate of drug-likeness (QED) is 0.152. The fraction of sp³-hybridized carbons (Fsp3) is 0.231. The number of rotatable bonds is 9. The minimum absolute atomic E-state index is 0.511. The predicted octanol–water partition coefficient (Wildman–Crippen LogP) is 2.75. The van der Waals surface area contributed by atoms with Gasteiger partial charge < -0.3 is 51.1 Å². The van der Waals surface area contributed by atoms with Gasteiger partial charge in [0.05, 0.1) is 32.4 Å². The molecule has 0 spiro atoms. The summed E-state index contributed by atoms with van der Waals surface area (Å²) in [5.74, 6) is -6.64. The predicted molar refractivity (Wildman–Crippen MR) is 148 cm³/mol. The maximum Gasteiger partial charge on any atom is 0.336 e. The van der Waals surface area contributed by atoms with Crippen molar-refractivity contribution in [3.05, 3.63) is 114 Å². The largest absolute Gasteiger partial charge is 0.478 e. The summed E-state index contributed by atoms with van der Waals surface area (Å²) >= 11 is 0. The normalized spacial score (nSPS) is 9.41. The van der Waals surface area contributed by atoms with Crippen molar-refractivity contribution in [1.82, 2.24) is 0 Å². The summed E-state index contributed by atoms with van der Waals surface area (Å²) in [5.41, 5.74) is -0.582. The van der Waals surface area contributed by atoms with Crippen LogP contribution in [0.25, 0.3) is 11.1 Å². The van der Waals surface area contributed by atoms with E-state index in [1.807, 2.05) is 0 Å². The molecule has 0 saturated carbocycles. The maximum atomic E-state index is 10.8. The van der Waals surface area contributed by atoms with Gasteiger partial charge in [-0.15, -0.1) is 0 Å². The number of aryl methyl sites for hydroxylation is 2. The van der Waals surface area contributed by atoms with Crippen LogP contribution in [0.4, 0.5) is 0 Å². The maximum absolute atomic E-state index is 10.8. The lowest BCUT2D eigenvalue weighted by atomic mass is 9.98. The number of aromatic nitrogens is 2. The van der Waals surface area contributed by atoms with Gasteiger partial charge >= 0.3 is 23.9 Å². The Bertz CT molecular complexity index is 1290. The first-order chi connectivity index (χ1) is 20.5. The van der Waals surface area contributed by atoms with Crippen LogP contribution in [0, 0.1) is 30.6 Å². The third kappa shape index (κ3) is 13.9. The molecule has 2 aromatic heterocycles. The van der Waals surface area contributed by atoms with Crippen molar-refractivity contribution in [2.24, 2.45) is 0 Å². The molecule has 0 aliphatic carbocycles. The van der Waals surface area contributed by atoms with E-state index in [2.05, 4.69) is 72.0 Å². The lowest BCUT2D eigenvalue weighted by molar-refractivity contribution is -0.697. The van der Waals surface area contributed by atoms with E-state index in [1.54, 1.807) is 0 Å². The smallest absolute Gasteiger partial charge is 0.336 e. The molecule has 18 nitrogen and oxygen atoms in total. The molecule has 236 valence electrons. The first-order valence-corrected chi connectivity index (χ1v) is 12.3. The lowest BCUT2D eigenvalue weighted by Crippen LogP contribution is -2.32. The monoisotopic (exact) mass is 620 g/mol. The second-order valence-corrected chi connectivity index (χ2v) is 8.26. The Morgan fingerprint density at radius 1 is 0.568 bits per heavy atom. The Kier molecular flexibility index (Phi) is 16.3. The molecule has 18 heteroatoms. The zero-order valence-corrected chi connectivity index (χ0v) is 23.3. The Hall–Kier alpha value is -6.20. The molecular formula is C26H28N4O14. The summed E-state index contributed by atoms with van der Waals surface area (Å²) in [6.07, 6.45) is 11.0. The van der Waals surface area contributed by atoms with E-state index in [4.69, 9.17) is 51.1 Å². The van der Waals surface area contributed by atoms with Gasteiger partial charge in [0.1, 0.15) is 13.1 Å². The fourth-order valence-corrected chi connectivity index (χ4v) is 3.42. The first kappa shape index (κ1) is 37.8. The van der Waals surface area contributed by atoms with Crippen LogP contribution < -0.4 is 9.13 Å². The van der Waals surface area contributed by atoms with Crippen LogP contribution in [0.3, 0.4) is 0 Å². The highest BCUT2D eigenvalue weighted by Gasteiger charge is 2.25. The summed E-state index contributed by atoms with van der Waals surface area (Å²) < 4.78 is 4.45. The highest BCUT2D eigenvalue weighted by atomic mass is 16.9. The number of nitrogens with zero attached hydrogens (tertiary/aromatic N) is 4. The van der Waals surface area contributed by atoms with Crippen LogP contribution in [-0.2, 0) is 13.1 Å². The van der Waals surface area contributed by atoms with Gasteiger partial charge in [-0.1, -0.05) is 13.8 Å². The van der Waals surface area contributed by atoms with E-state index in [9.17, 15) is 19.2 Å².